The normalized spacial score (nSPS) is 22.4. The maximum atomic E-state index is 5.37. The van der Waals surface area contributed by atoms with Gasteiger partial charge in [0.25, 0.3) is 0 Å². The third-order valence-electron chi connectivity index (χ3n) is 3.64. The van der Waals surface area contributed by atoms with Crippen LogP contribution in [0.2, 0.25) is 0 Å². The lowest BCUT2D eigenvalue weighted by atomic mass is 9.64. The van der Waals surface area contributed by atoms with Crippen LogP contribution in [0.4, 0.5) is 0 Å². The van der Waals surface area contributed by atoms with Gasteiger partial charge in [-0.2, -0.15) is 0 Å². The van der Waals surface area contributed by atoms with Crippen LogP contribution >= 0.6 is 0 Å². The Morgan fingerprint density at radius 3 is 2.46 bits per heavy atom. The summed E-state index contributed by atoms with van der Waals surface area (Å²) in [4.78, 5) is 0. The minimum Gasteiger partial charge on any atom is -0.384 e. The highest BCUT2D eigenvalue weighted by Gasteiger charge is 2.39. The Bertz CT molecular complexity index is 137. The summed E-state index contributed by atoms with van der Waals surface area (Å²) in [5.41, 5.74) is 0.405. The van der Waals surface area contributed by atoms with E-state index in [0.717, 1.165) is 19.1 Å². The first-order valence-corrected chi connectivity index (χ1v) is 5.42. The summed E-state index contributed by atoms with van der Waals surface area (Å²) in [5, 5.41) is 3.31. The van der Waals surface area contributed by atoms with Crippen LogP contribution < -0.4 is 5.32 Å². The highest BCUT2D eigenvalue weighted by molar-refractivity contribution is 4.91. The Balaban J connectivity index is 2.56. The van der Waals surface area contributed by atoms with Gasteiger partial charge in [0, 0.05) is 19.1 Å². The number of ether oxygens (including phenoxy) is 1. The average molecular weight is 185 g/mol. The zero-order valence-corrected chi connectivity index (χ0v) is 9.23. The van der Waals surface area contributed by atoms with Crippen molar-refractivity contribution in [1.29, 1.82) is 0 Å². The molecule has 1 atom stereocenters. The quantitative estimate of drug-likeness (QED) is 0.684. The van der Waals surface area contributed by atoms with Gasteiger partial charge in [-0.3, -0.25) is 0 Å². The fraction of sp³-hybridized carbons (Fsp3) is 1.00. The summed E-state index contributed by atoms with van der Waals surface area (Å²) >= 11 is 0. The fourth-order valence-electron chi connectivity index (χ4n) is 2.49. The molecule has 0 amide bonds. The van der Waals surface area contributed by atoms with E-state index in [-0.39, 0.29) is 0 Å². The van der Waals surface area contributed by atoms with Gasteiger partial charge in [0.15, 0.2) is 0 Å². The van der Waals surface area contributed by atoms with E-state index in [1.807, 2.05) is 14.2 Å². The van der Waals surface area contributed by atoms with Gasteiger partial charge in [0.2, 0.25) is 0 Å². The smallest absolute Gasteiger partial charge is 0.0533 e. The Labute approximate surface area is 82.0 Å². The van der Waals surface area contributed by atoms with E-state index in [4.69, 9.17) is 4.74 Å². The van der Waals surface area contributed by atoms with Crippen LogP contribution in [0.5, 0.6) is 0 Å². The molecule has 0 bridgehead atoms. The highest BCUT2D eigenvalue weighted by atomic mass is 16.5. The zero-order valence-electron chi connectivity index (χ0n) is 9.23. The molecule has 0 spiro atoms. The monoisotopic (exact) mass is 185 g/mol. The van der Waals surface area contributed by atoms with Crippen molar-refractivity contribution in [2.45, 2.75) is 32.6 Å². The van der Waals surface area contributed by atoms with E-state index >= 15 is 0 Å². The molecule has 1 fully saturated rings. The van der Waals surface area contributed by atoms with Crippen LogP contribution in [0.25, 0.3) is 0 Å². The Morgan fingerprint density at radius 1 is 1.46 bits per heavy atom. The van der Waals surface area contributed by atoms with Crippen molar-refractivity contribution < 1.29 is 4.74 Å². The molecule has 1 rings (SSSR count). The third-order valence-corrected chi connectivity index (χ3v) is 3.64. The topological polar surface area (TPSA) is 21.3 Å². The van der Waals surface area contributed by atoms with Crippen molar-refractivity contribution >= 4 is 0 Å². The molecule has 1 unspecified atom stereocenters. The molecule has 1 aliphatic carbocycles. The van der Waals surface area contributed by atoms with Gasteiger partial charge in [0.1, 0.15) is 0 Å². The van der Waals surface area contributed by atoms with E-state index in [9.17, 15) is 0 Å². The maximum Gasteiger partial charge on any atom is 0.0533 e. The van der Waals surface area contributed by atoms with Crippen LogP contribution in [0.15, 0.2) is 0 Å². The van der Waals surface area contributed by atoms with Gasteiger partial charge in [-0.15, -0.1) is 0 Å². The maximum absolute atomic E-state index is 5.37. The summed E-state index contributed by atoms with van der Waals surface area (Å²) in [6.45, 7) is 4.30. The second-order valence-corrected chi connectivity index (χ2v) is 4.31. The highest BCUT2D eigenvalue weighted by Crippen LogP contribution is 2.44. The van der Waals surface area contributed by atoms with E-state index in [1.54, 1.807) is 0 Å². The molecular formula is C11H23NO. The summed E-state index contributed by atoms with van der Waals surface area (Å²) in [7, 11) is 3.86. The molecule has 0 saturated heterocycles. The molecule has 0 aromatic heterocycles. The van der Waals surface area contributed by atoms with Crippen LogP contribution in [-0.2, 0) is 4.74 Å². The third kappa shape index (κ3) is 2.23. The summed E-state index contributed by atoms with van der Waals surface area (Å²) in [5.74, 6) is 0.893. The molecule has 0 radical (unpaired) electrons. The summed E-state index contributed by atoms with van der Waals surface area (Å²) < 4.78 is 5.37. The van der Waals surface area contributed by atoms with E-state index in [2.05, 4.69) is 12.2 Å². The second-order valence-electron chi connectivity index (χ2n) is 4.31. The number of nitrogens with one attached hydrogen (secondary N) is 1. The zero-order chi connectivity index (χ0) is 9.73. The standard InChI is InChI=1S/C11H23NO/c1-4-11(8-12-2,9-13-3)10-6-5-7-10/h10,12H,4-9H2,1-3H3. The van der Waals surface area contributed by atoms with Crippen LogP contribution in [0.3, 0.4) is 0 Å². The lowest BCUT2D eigenvalue weighted by Crippen LogP contribution is -2.45. The lowest BCUT2D eigenvalue weighted by Gasteiger charge is -2.44. The average Bonchev–Trinajstić information content (AvgIpc) is 2.02. The van der Waals surface area contributed by atoms with Crippen molar-refractivity contribution in [1.82, 2.24) is 5.32 Å². The van der Waals surface area contributed by atoms with Gasteiger partial charge < -0.3 is 10.1 Å². The van der Waals surface area contributed by atoms with Gasteiger partial charge in [-0.1, -0.05) is 13.3 Å². The predicted octanol–water partition coefficient (Wildman–Crippen LogP) is 2.05. The van der Waals surface area contributed by atoms with Gasteiger partial charge in [0.05, 0.1) is 6.61 Å². The Morgan fingerprint density at radius 2 is 2.15 bits per heavy atom. The minimum atomic E-state index is 0.405. The number of hydrogen-bond donors (Lipinski definition) is 1. The van der Waals surface area contributed by atoms with Crippen molar-refractivity contribution in [3.05, 3.63) is 0 Å². The van der Waals surface area contributed by atoms with Crippen LogP contribution in [0.1, 0.15) is 32.6 Å². The number of rotatable bonds is 6. The molecule has 78 valence electrons. The molecule has 0 aromatic rings. The molecule has 2 nitrogen and oxygen atoms in total. The first-order valence-electron chi connectivity index (χ1n) is 5.42. The molecule has 2 heteroatoms. The van der Waals surface area contributed by atoms with Gasteiger partial charge >= 0.3 is 0 Å². The SMILES string of the molecule is CCC(CNC)(COC)C1CCC1. The molecule has 0 aromatic carbocycles. The van der Waals surface area contributed by atoms with Crippen LogP contribution in [-0.4, -0.2) is 27.3 Å². The van der Waals surface area contributed by atoms with E-state index in [0.29, 0.717) is 5.41 Å². The van der Waals surface area contributed by atoms with Crippen molar-refractivity contribution in [3.8, 4) is 0 Å². The minimum absolute atomic E-state index is 0.405. The number of hydrogen-bond acceptors (Lipinski definition) is 2. The second kappa shape index (κ2) is 4.97. The molecule has 1 saturated carbocycles. The van der Waals surface area contributed by atoms with E-state index in [1.165, 1.54) is 25.7 Å². The van der Waals surface area contributed by atoms with Crippen molar-refractivity contribution in [2.24, 2.45) is 11.3 Å². The molecule has 0 aliphatic heterocycles. The fourth-order valence-corrected chi connectivity index (χ4v) is 2.49. The molecular weight excluding hydrogens is 162 g/mol. The predicted molar refractivity (Wildman–Crippen MR) is 55.9 cm³/mol. The number of methoxy groups -OCH3 is 1. The Hall–Kier alpha value is -0.0800. The molecule has 1 N–H and O–H groups in total. The van der Waals surface area contributed by atoms with Crippen molar-refractivity contribution in [2.75, 3.05) is 27.3 Å². The van der Waals surface area contributed by atoms with E-state index < -0.39 is 0 Å². The Kier molecular flexibility index (Phi) is 4.20. The molecule has 1 aliphatic rings. The van der Waals surface area contributed by atoms with Gasteiger partial charge in [-0.05, 0) is 32.2 Å². The lowest BCUT2D eigenvalue weighted by molar-refractivity contribution is -0.00385. The molecule has 0 heterocycles. The van der Waals surface area contributed by atoms with Crippen LogP contribution in [0, 0.1) is 11.3 Å². The van der Waals surface area contributed by atoms with Crippen molar-refractivity contribution in [3.63, 3.8) is 0 Å². The molecule has 13 heavy (non-hydrogen) atoms. The first kappa shape index (κ1) is 11.0. The summed E-state index contributed by atoms with van der Waals surface area (Å²) in [6.07, 6.45) is 5.45. The van der Waals surface area contributed by atoms with Gasteiger partial charge in [-0.25, -0.2) is 0 Å². The largest absolute Gasteiger partial charge is 0.384 e. The first-order chi connectivity index (χ1) is 6.29. The summed E-state index contributed by atoms with van der Waals surface area (Å²) in [6, 6.07) is 0.